The van der Waals surface area contributed by atoms with E-state index in [0.717, 1.165) is 6.07 Å². The molecule has 0 spiro atoms. The third-order valence-electron chi connectivity index (χ3n) is 2.72. The predicted molar refractivity (Wildman–Crippen MR) is 60.6 cm³/mol. The minimum absolute atomic E-state index is 0.170. The predicted octanol–water partition coefficient (Wildman–Crippen LogP) is 2.75. The van der Waals surface area contributed by atoms with E-state index in [1.807, 2.05) is 0 Å². The van der Waals surface area contributed by atoms with Crippen LogP contribution in [-0.4, -0.2) is 22.8 Å². The van der Waals surface area contributed by atoms with Gasteiger partial charge in [-0.05, 0) is 19.1 Å². The van der Waals surface area contributed by atoms with Gasteiger partial charge >= 0.3 is 6.18 Å². The van der Waals surface area contributed by atoms with Crippen LogP contribution in [0.15, 0.2) is 12.1 Å². The molecule has 3 nitrogen and oxygen atoms in total. The first kappa shape index (κ1) is 13.1. The average molecular weight is 279 g/mol. The van der Waals surface area contributed by atoms with Gasteiger partial charge in [0.05, 0.1) is 16.8 Å². The Labute approximate surface area is 107 Å². The van der Waals surface area contributed by atoms with E-state index in [9.17, 15) is 18.0 Å². The van der Waals surface area contributed by atoms with Crippen molar-refractivity contribution < 1.29 is 18.0 Å². The quantitative estimate of drug-likeness (QED) is 0.740. The van der Waals surface area contributed by atoms with E-state index >= 15 is 0 Å². The molecule has 1 atom stereocenters. The third kappa shape index (κ3) is 2.43. The van der Waals surface area contributed by atoms with Crippen molar-refractivity contribution in [2.24, 2.45) is 0 Å². The lowest BCUT2D eigenvalue weighted by atomic mass is 10.2. The highest BCUT2D eigenvalue weighted by Gasteiger charge is 2.34. The van der Waals surface area contributed by atoms with E-state index in [1.165, 1.54) is 17.9 Å². The second-order valence-electron chi connectivity index (χ2n) is 4.10. The Bertz CT molecular complexity index is 490. The van der Waals surface area contributed by atoms with Crippen molar-refractivity contribution in [3.05, 3.63) is 23.5 Å². The summed E-state index contributed by atoms with van der Waals surface area (Å²) >= 11 is 5.84. The summed E-state index contributed by atoms with van der Waals surface area (Å²) in [6, 6.07) is 2.13. The molecule has 98 valence electrons. The molecule has 1 unspecified atom stereocenters. The number of aryl methyl sites for hydroxylation is 1. The molecule has 0 bridgehead atoms. The highest BCUT2D eigenvalue weighted by Crippen LogP contribution is 2.31. The zero-order valence-electron chi connectivity index (χ0n) is 9.46. The minimum Gasteiger partial charge on any atom is -0.309 e. The maximum absolute atomic E-state index is 12.5. The van der Waals surface area contributed by atoms with Crippen LogP contribution in [0.3, 0.4) is 0 Å². The Morgan fingerprint density at radius 1 is 1.44 bits per heavy atom. The number of hydrogen-bond acceptors (Lipinski definition) is 2. The number of alkyl halides is 4. The summed E-state index contributed by atoms with van der Waals surface area (Å²) in [6.45, 7) is 1.74. The molecule has 2 rings (SSSR count). The number of carbonyl (C=O) groups is 1. The summed E-state index contributed by atoms with van der Waals surface area (Å²) < 4.78 is 37.4. The van der Waals surface area contributed by atoms with Crippen molar-refractivity contribution >= 4 is 23.2 Å². The summed E-state index contributed by atoms with van der Waals surface area (Å²) in [5.74, 6) is -0.195. The Morgan fingerprint density at radius 2 is 2.11 bits per heavy atom. The number of pyridine rings is 1. The number of carbonyl (C=O) groups excluding carboxylic acids is 1. The van der Waals surface area contributed by atoms with Gasteiger partial charge in [-0.15, -0.1) is 11.6 Å². The van der Waals surface area contributed by atoms with Crippen molar-refractivity contribution in [1.29, 1.82) is 0 Å². The highest BCUT2D eigenvalue weighted by atomic mass is 35.5. The zero-order chi connectivity index (χ0) is 13.5. The molecule has 0 radical (unpaired) electrons. The molecule has 1 fully saturated rings. The highest BCUT2D eigenvalue weighted by molar-refractivity contribution is 6.24. The van der Waals surface area contributed by atoms with Crippen LogP contribution in [0.4, 0.5) is 18.9 Å². The van der Waals surface area contributed by atoms with E-state index in [2.05, 4.69) is 4.98 Å². The molecule has 1 amide bonds. The van der Waals surface area contributed by atoms with Crippen LogP contribution >= 0.6 is 11.6 Å². The summed E-state index contributed by atoms with van der Waals surface area (Å²) in [7, 11) is 0. The van der Waals surface area contributed by atoms with Gasteiger partial charge in [0.15, 0.2) is 0 Å². The van der Waals surface area contributed by atoms with E-state index < -0.39 is 11.9 Å². The fourth-order valence-electron chi connectivity index (χ4n) is 1.89. The van der Waals surface area contributed by atoms with Gasteiger partial charge in [-0.3, -0.25) is 4.79 Å². The van der Waals surface area contributed by atoms with Gasteiger partial charge in [-0.2, -0.15) is 13.2 Å². The lowest BCUT2D eigenvalue weighted by molar-refractivity contribution is -0.141. The van der Waals surface area contributed by atoms with E-state index in [1.54, 1.807) is 0 Å². The number of aromatic nitrogens is 1. The van der Waals surface area contributed by atoms with Crippen molar-refractivity contribution in [2.75, 3.05) is 11.4 Å². The summed E-state index contributed by atoms with van der Waals surface area (Å²) in [5.41, 5.74) is -0.405. The van der Waals surface area contributed by atoms with Crippen LogP contribution in [0, 0.1) is 6.92 Å². The van der Waals surface area contributed by atoms with Gasteiger partial charge in [0, 0.05) is 13.0 Å². The van der Waals surface area contributed by atoms with Gasteiger partial charge < -0.3 is 4.90 Å². The van der Waals surface area contributed by atoms with Gasteiger partial charge in [0.2, 0.25) is 5.91 Å². The molecular weight excluding hydrogens is 269 g/mol. The second-order valence-corrected chi connectivity index (χ2v) is 4.72. The van der Waals surface area contributed by atoms with Crippen molar-refractivity contribution in [1.82, 2.24) is 4.98 Å². The number of halogens is 4. The van der Waals surface area contributed by atoms with E-state index in [0.29, 0.717) is 12.2 Å². The Morgan fingerprint density at radius 3 is 2.56 bits per heavy atom. The molecule has 0 aliphatic carbocycles. The molecule has 1 aromatic heterocycles. The molecule has 1 saturated heterocycles. The fourth-order valence-corrected chi connectivity index (χ4v) is 2.16. The lowest BCUT2D eigenvalue weighted by Gasteiger charge is -2.18. The molecule has 1 aliphatic heterocycles. The SMILES string of the molecule is Cc1nc(C(F)(F)F)ccc1N1CC(Cl)CC1=O. The van der Waals surface area contributed by atoms with Crippen LogP contribution in [0.2, 0.25) is 0 Å². The lowest BCUT2D eigenvalue weighted by Crippen LogP contribution is -2.26. The molecule has 0 N–H and O–H groups in total. The Hall–Kier alpha value is -1.30. The molecule has 18 heavy (non-hydrogen) atoms. The van der Waals surface area contributed by atoms with Crippen LogP contribution in [0.5, 0.6) is 0 Å². The molecule has 0 saturated carbocycles. The number of hydrogen-bond donors (Lipinski definition) is 0. The van der Waals surface area contributed by atoms with Crippen molar-refractivity contribution in [2.45, 2.75) is 24.9 Å². The first-order valence-electron chi connectivity index (χ1n) is 5.28. The Balaban J connectivity index is 2.34. The van der Waals surface area contributed by atoms with Crippen molar-refractivity contribution in [3.63, 3.8) is 0 Å². The zero-order valence-corrected chi connectivity index (χ0v) is 10.2. The van der Waals surface area contributed by atoms with Gasteiger partial charge in [0.25, 0.3) is 0 Å². The Kier molecular flexibility index (Phi) is 3.23. The summed E-state index contributed by atoms with van der Waals surface area (Å²) in [6.07, 6.45) is -4.28. The fraction of sp³-hybridized carbons (Fsp3) is 0.455. The van der Waals surface area contributed by atoms with E-state index in [-0.39, 0.29) is 23.4 Å². The second kappa shape index (κ2) is 4.42. The number of amides is 1. The smallest absolute Gasteiger partial charge is 0.309 e. The maximum atomic E-state index is 12.5. The summed E-state index contributed by atoms with van der Waals surface area (Å²) in [5, 5.41) is -0.306. The number of nitrogens with zero attached hydrogens (tertiary/aromatic N) is 2. The molecule has 1 aromatic rings. The minimum atomic E-state index is -4.48. The molecular formula is C11H10ClF3N2O. The van der Waals surface area contributed by atoms with E-state index in [4.69, 9.17) is 11.6 Å². The first-order valence-corrected chi connectivity index (χ1v) is 5.72. The molecule has 7 heteroatoms. The van der Waals surface area contributed by atoms with Crippen LogP contribution < -0.4 is 4.90 Å². The maximum Gasteiger partial charge on any atom is 0.433 e. The van der Waals surface area contributed by atoms with Crippen LogP contribution in [-0.2, 0) is 11.0 Å². The monoisotopic (exact) mass is 278 g/mol. The normalized spacial score (nSPS) is 20.6. The van der Waals surface area contributed by atoms with Crippen molar-refractivity contribution in [3.8, 4) is 0 Å². The van der Waals surface area contributed by atoms with Crippen LogP contribution in [0.25, 0.3) is 0 Å². The first-order chi connectivity index (χ1) is 8.29. The molecule has 1 aliphatic rings. The van der Waals surface area contributed by atoms with Gasteiger partial charge in [0.1, 0.15) is 5.69 Å². The molecule has 0 aromatic carbocycles. The van der Waals surface area contributed by atoms with Gasteiger partial charge in [-0.1, -0.05) is 0 Å². The standard InChI is InChI=1S/C11H10ClF3N2O/c1-6-8(17-5-7(12)4-10(17)18)2-3-9(16-6)11(13,14)15/h2-3,7H,4-5H2,1H3. The third-order valence-corrected chi connectivity index (χ3v) is 3.01. The molecule has 2 heterocycles. The number of rotatable bonds is 1. The van der Waals surface area contributed by atoms with Gasteiger partial charge in [-0.25, -0.2) is 4.98 Å². The number of anilines is 1. The topological polar surface area (TPSA) is 33.2 Å². The van der Waals surface area contributed by atoms with Crippen LogP contribution in [0.1, 0.15) is 17.8 Å². The largest absolute Gasteiger partial charge is 0.433 e. The average Bonchev–Trinajstić information content (AvgIpc) is 2.56. The summed E-state index contributed by atoms with van der Waals surface area (Å²) in [4.78, 5) is 16.5.